The highest BCUT2D eigenvalue weighted by Gasteiger charge is 2.56. The van der Waals surface area contributed by atoms with Crippen molar-refractivity contribution in [2.45, 2.75) is 44.2 Å². The minimum atomic E-state index is -3.69. The van der Waals surface area contributed by atoms with E-state index in [0.717, 1.165) is 6.66 Å². The lowest BCUT2D eigenvalue weighted by atomic mass is 10.1. The topological polar surface area (TPSA) is 129 Å². The van der Waals surface area contributed by atoms with Crippen molar-refractivity contribution < 1.29 is 28.2 Å². The van der Waals surface area contributed by atoms with Crippen LogP contribution in [0.3, 0.4) is 0 Å². The van der Waals surface area contributed by atoms with Crippen LogP contribution < -0.4 is 11.2 Å². The predicted octanol–water partition coefficient (Wildman–Crippen LogP) is -0.214. The van der Waals surface area contributed by atoms with E-state index in [-0.39, 0.29) is 6.61 Å². The summed E-state index contributed by atoms with van der Waals surface area (Å²) in [5.41, 5.74) is -1.17. The Labute approximate surface area is 136 Å². The van der Waals surface area contributed by atoms with Crippen molar-refractivity contribution in [2.24, 2.45) is 0 Å². The lowest BCUT2D eigenvalue weighted by Gasteiger charge is -2.24. The van der Waals surface area contributed by atoms with Crippen molar-refractivity contribution in [3.63, 3.8) is 0 Å². The predicted molar refractivity (Wildman–Crippen MR) is 80.8 cm³/mol. The van der Waals surface area contributed by atoms with Crippen LogP contribution in [-0.4, -0.2) is 51.8 Å². The number of rotatable bonds is 4. The van der Waals surface area contributed by atoms with E-state index in [1.54, 1.807) is 13.8 Å². The monoisotopic (exact) mass is 362 g/mol. The third-order valence-corrected chi connectivity index (χ3v) is 4.36. The molecule has 0 spiro atoms. The fourth-order valence-corrected chi connectivity index (χ4v) is 3.28. The molecule has 1 unspecified atom stereocenters. The summed E-state index contributed by atoms with van der Waals surface area (Å²) in [6, 6.07) is 1.19. The molecular formula is C13H19N2O8P. The van der Waals surface area contributed by atoms with Gasteiger partial charge in [-0.15, -0.1) is 0 Å². The molecule has 2 fully saturated rings. The van der Waals surface area contributed by atoms with E-state index in [2.05, 4.69) is 4.98 Å². The van der Waals surface area contributed by atoms with Gasteiger partial charge in [0.1, 0.15) is 18.3 Å². The van der Waals surface area contributed by atoms with Gasteiger partial charge < -0.3 is 23.6 Å². The van der Waals surface area contributed by atoms with Crippen molar-refractivity contribution in [1.29, 1.82) is 0 Å². The van der Waals surface area contributed by atoms with Crippen molar-refractivity contribution in [1.82, 2.24) is 9.55 Å². The van der Waals surface area contributed by atoms with Gasteiger partial charge in [0.2, 0.25) is 0 Å². The second kappa shape index (κ2) is 5.91. The first kappa shape index (κ1) is 17.5. The van der Waals surface area contributed by atoms with Crippen LogP contribution in [0.4, 0.5) is 0 Å². The molecule has 0 bridgehead atoms. The van der Waals surface area contributed by atoms with Gasteiger partial charge in [0, 0.05) is 18.9 Å². The second-order valence-corrected chi connectivity index (χ2v) is 8.11. The Morgan fingerprint density at radius 3 is 2.67 bits per heavy atom. The SMILES string of the molecule is CC1(C)O[C@@H]2[C@H](O1)[C@@H](COP(C)(=O)O)O[C@H]2n1ccc(=O)[nH]c1=O. The molecule has 2 aliphatic rings. The standard InChI is InChI=1S/C13H19N2O8P/c1-13(2)22-9-7(6-20-24(3,18)19)21-11(10(9)23-13)15-5-4-8(16)14-12(15)17/h4-5,7,9-11H,6H2,1-3H3,(H,18,19)(H,14,16,17)/t7-,9-,10-,11-/m1/s1. The van der Waals surface area contributed by atoms with Crippen LogP contribution in [0.25, 0.3) is 0 Å². The number of nitrogens with zero attached hydrogens (tertiary/aromatic N) is 1. The zero-order chi connectivity index (χ0) is 17.7. The lowest BCUT2D eigenvalue weighted by Crippen LogP contribution is -2.37. The molecule has 24 heavy (non-hydrogen) atoms. The summed E-state index contributed by atoms with van der Waals surface area (Å²) in [4.78, 5) is 34.7. The zero-order valence-corrected chi connectivity index (χ0v) is 14.3. The quantitative estimate of drug-likeness (QED) is 0.704. The third-order valence-electron chi connectivity index (χ3n) is 3.73. The van der Waals surface area contributed by atoms with Crippen molar-refractivity contribution in [2.75, 3.05) is 13.3 Å². The first-order chi connectivity index (χ1) is 11.1. The molecule has 3 rings (SSSR count). The van der Waals surface area contributed by atoms with Gasteiger partial charge in [-0.05, 0) is 13.8 Å². The van der Waals surface area contributed by atoms with Gasteiger partial charge in [0.05, 0.1) is 6.61 Å². The largest absolute Gasteiger partial charge is 0.346 e. The maximum absolute atomic E-state index is 12.0. The Kier molecular flexibility index (Phi) is 4.31. The van der Waals surface area contributed by atoms with Gasteiger partial charge in [0.15, 0.2) is 12.0 Å². The Morgan fingerprint density at radius 2 is 2.04 bits per heavy atom. The van der Waals surface area contributed by atoms with Gasteiger partial charge in [-0.1, -0.05) is 0 Å². The first-order valence-electron chi connectivity index (χ1n) is 7.33. The van der Waals surface area contributed by atoms with E-state index in [9.17, 15) is 19.0 Å². The summed E-state index contributed by atoms with van der Waals surface area (Å²) < 4.78 is 34.8. The number of hydrogen-bond donors (Lipinski definition) is 2. The van der Waals surface area contributed by atoms with Crippen molar-refractivity contribution >= 4 is 7.60 Å². The highest BCUT2D eigenvalue weighted by molar-refractivity contribution is 7.51. The second-order valence-electron chi connectivity index (χ2n) is 6.25. The van der Waals surface area contributed by atoms with E-state index in [0.29, 0.717) is 0 Å². The van der Waals surface area contributed by atoms with Crippen LogP contribution in [0.2, 0.25) is 0 Å². The summed E-state index contributed by atoms with van der Waals surface area (Å²) in [6.07, 6.45) is -1.48. The Balaban J connectivity index is 1.89. The van der Waals surface area contributed by atoms with Gasteiger partial charge in [-0.25, -0.2) is 4.79 Å². The molecule has 134 valence electrons. The molecular weight excluding hydrogens is 343 g/mol. The number of H-pyrrole nitrogens is 1. The molecule has 3 heterocycles. The average Bonchev–Trinajstić information content (AvgIpc) is 2.90. The average molecular weight is 362 g/mol. The molecule has 2 N–H and O–H groups in total. The molecule has 0 aromatic carbocycles. The summed E-state index contributed by atoms with van der Waals surface area (Å²) >= 11 is 0. The van der Waals surface area contributed by atoms with E-state index in [1.807, 2.05) is 0 Å². The number of nitrogens with one attached hydrogen (secondary N) is 1. The van der Waals surface area contributed by atoms with Crippen LogP contribution in [0.1, 0.15) is 20.1 Å². The molecule has 2 saturated heterocycles. The molecule has 0 amide bonds. The fourth-order valence-electron chi connectivity index (χ4n) is 2.86. The van der Waals surface area contributed by atoms with Gasteiger partial charge >= 0.3 is 13.3 Å². The Bertz CT molecular complexity index is 781. The van der Waals surface area contributed by atoms with Crippen LogP contribution in [-0.2, 0) is 23.3 Å². The number of fused-ring (bicyclic) bond motifs is 1. The minimum absolute atomic E-state index is 0.195. The lowest BCUT2D eigenvalue weighted by molar-refractivity contribution is -0.199. The molecule has 11 heteroatoms. The first-order valence-corrected chi connectivity index (χ1v) is 9.36. The van der Waals surface area contributed by atoms with E-state index < -0.39 is 49.2 Å². The third kappa shape index (κ3) is 3.53. The highest BCUT2D eigenvalue weighted by atomic mass is 31.2. The number of ether oxygens (including phenoxy) is 3. The maximum atomic E-state index is 12.0. The van der Waals surface area contributed by atoms with Crippen molar-refractivity contribution in [3.8, 4) is 0 Å². The van der Waals surface area contributed by atoms with Crippen LogP contribution >= 0.6 is 7.60 Å². The smallest absolute Gasteiger partial charge is 0.330 e. The van der Waals surface area contributed by atoms with E-state index in [1.165, 1.54) is 16.8 Å². The van der Waals surface area contributed by atoms with Gasteiger partial charge in [0.25, 0.3) is 5.56 Å². The summed E-state index contributed by atoms with van der Waals surface area (Å²) in [5, 5.41) is 0. The minimum Gasteiger partial charge on any atom is -0.346 e. The zero-order valence-electron chi connectivity index (χ0n) is 13.4. The van der Waals surface area contributed by atoms with Crippen LogP contribution in [0.5, 0.6) is 0 Å². The number of aromatic nitrogens is 2. The molecule has 10 nitrogen and oxygen atoms in total. The van der Waals surface area contributed by atoms with E-state index >= 15 is 0 Å². The molecule has 2 aliphatic heterocycles. The summed E-state index contributed by atoms with van der Waals surface area (Å²) in [6.45, 7) is 4.30. The van der Waals surface area contributed by atoms with Crippen LogP contribution in [0.15, 0.2) is 21.9 Å². The summed E-state index contributed by atoms with van der Waals surface area (Å²) in [7, 11) is -3.69. The molecule has 0 radical (unpaired) electrons. The Hall–Kier alpha value is -1.29. The highest BCUT2D eigenvalue weighted by Crippen LogP contribution is 2.44. The van der Waals surface area contributed by atoms with Crippen molar-refractivity contribution in [3.05, 3.63) is 33.1 Å². The molecule has 0 aliphatic carbocycles. The summed E-state index contributed by atoms with van der Waals surface area (Å²) in [5.74, 6) is -0.906. The molecule has 0 saturated carbocycles. The Morgan fingerprint density at radius 1 is 1.38 bits per heavy atom. The molecule has 5 atom stereocenters. The number of aromatic amines is 1. The fraction of sp³-hybridized carbons (Fsp3) is 0.692. The maximum Gasteiger partial charge on any atom is 0.330 e. The van der Waals surface area contributed by atoms with Gasteiger partial charge in [-0.3, -0.25) is 18.9 Å². The van der Waals surface area contributed by atoms with Crippen LogP contribution in [0, 0.1) is 0 Å². The normalized spacial score (nSPS) is 34.0. The van der Waals surface area contributed by atoms with Gasteiger partial charge in [-0.2, -0.15) is 0 Å². The molecule has 1 aromatic heterocycles. The number of hydrogen-bond acceptors (Lipinski definition) is 7. The molecule has 1 aromatic rings. The van der Waals surface area contributed by atoms with E-state index in [4.69, 9.17) is 18.7 Å².